The lowest BCUT2D eigenvalue weighted by Gasteiger charge is -2.08. The highest BCUT2D eigenvalue weighted by Crippen LogP contribution is 2.44. The molecule has 0 amide bonds. The molecule has 0 saturated heterocycles. The number of carbonyl (C=O) groups is 1. The Kier molecular flexibility index (Phi) is 2.82. The van der Waals surface area contributed by atoms with Crippen molar-refractivity contribution in [2.24, 2.45) is 5.41 Å². The zero-order valence-electron chi connectivity index (χ0n) is 10.9. The number of carboxylic acids is 1. The topological polar surface area (TPSA) is 62.5 Å². The van der Waals surface area contributed by atoms with Crippen LogP contribution >= 0.6 is 0 Å². The predicted molar refractivity (Wildman–Crippen MR) is 72.2 cm³/mol. The van der Waals surface area contributed by atoms with Gasteiger partial charge in [0.05, 0.1) is 6.54 Å². The zero-order chi connectivity index (χ0) is 13.5. The minimum atomic E-state index is -0.931. The second-order valence-corrected chi connectivity index (χ2v) is 5.62. The van der Waals surface area contributed by atoms with Crippen molar-refractivity contribution < 1.29 is 14.3 Å². The molecule has 0 bridgehead atoms. The van der Waals surface area contributed by atoms with Gasteiger partial charge in [-0.15, -0.1) is 0 Å². The van der Waals surface area contributed by atoms with E-state index in [-0.39, 0.29) is 5.56 Å². The lowest BCUT2D eigenvalue weighted by Crippen LogP contribution is -2.22. The Morgan fingerprint density at radius 2 is 2.16 bits per heavy atom. The van der Waals surface area contributed by atoms with Gasteiger partial charge in [0.25, 0.3) is 0 Å². The average molecular weight is 259 g/mol. The lowest BCUT2D eigenvalue weighted by atomic mass is 10.1. The van der Waals surface area contributed by atoms with Crippen LogP contribution < -0.4 is 5.32 Å². The SMILES string of the molecule is CC1(CNCc2oc3ccccc3c2C(=O)O)CC1. The first-order chi connectivity index (χ1) is 9.09. The number of nitrogens with one attached hydrogen (secondary N) is 1. The molecule has 1 heterocycles. The minimum absolute atomic E-state index is 0.282. The van der Waals surface area contributed by atoms with E-state index in [0.717, 1.165) is 6.54 Å². The average Bonchev–Trinajstić information content (AvgIpc) is 2.98. The molecule has 1 aromatic carbocycles. The fourth-order valence-corrected chi connectivity index (χ4v) is 2.32. The molecule has 2 N–H and O–H groups in total. The van der Waals surface area contributed by atoms with Crippen molar-refractivity contribution in [1.29, 1.82) is 0 Å². The lowest BCUT2D eigenvalue weighted by molar-refractivity contribution is 0.0696. The summed E-state index contributed by atoms with van der Waals surface area (Å²) in [4.78, 5) is 11.4. The molecular formula is C15H17NO3. The van der Waals surface area contributed by atoms with E-state index in [0.29, 0.717) is 28.7 Å². The quantitative estimate of drug-likeness (QED) is 0.866. The summed E-state index contributed by atoms with van der Waals surface area (Å²) in [7, 11) is 0. The van der Waals surface area contributed by atoms with Crippen molar-refractivity contribution in [1.82, 2.24) is 5.32 Å². The van der Waals surface area contributed by atoms with Crippen molar-refractivity contribution in [3.8, 4) is 0 Å². The van der Waals surface area contributed by atoms with Gasteiger partial charge in [-0.2, -0.15) is 0 Å². The van der Waals surface area contributed by atoms with Gasteiger partial charge in [-0.3, -0.25) is 0 Å². The van der Waals surface area contributed by atoms with E-state index in [1.54, 1.807) is 12.1 Å². The van der Waals surface area contributed by atoms with Crippen molar-refractivity contribution in [2.45, 2.75) is 26.3 Å². The molecule has 4 heteroatoms. The molecule has 19 heavy (non-hydrogen) atoms. The minimum Gasteiger partial charge on any atom is -0.478 e. The molecule has 1 saturated carbocycles. The molecule has 0 aliphatic heterocycles. The maximum Gasteiger partial charge on any atom is 0.339 e. The standard InChI is InChI=1S/C15H17NO3/c1-15(6-7-15)9-16-8-12-13(14(17)18)10-4-2-3-5-11(10)19-12/h2-5,16H,6-9H2,1H3,(H,17,18). The van der Waals surface area contributed by atoms with E-state index in [1.165, 1.54) is 12.8 Å². The molecular weight excluding hydrogens is 242 g/mol. The zero-order valence-corrected chi connectivity index (χ0v) is 10.9. The van der Waals surface area contributed by atoms with Crippen molar-refractivity contribution in [3.05, 3.63) is 35.6 Å². The van der Waals surface area contributed by atoms with E-state index in [2.05, 4.69) is 12.2 Å². The monoisotopic (exact) mass is 259 g/mol. The molecule has 1 fully saturated rings. The van der Waals surface area contributed by atoms with Crippen LogP contribution in [-0.4, -0.2) is 17.6 Å². The second kappa shape index (κ2) is 4.38. The van der Waals surface area contributed by atoms with Crippen molar-refractivity contribution >= 4 is 16.9 Å². The van der Waals surface area contributed by atoms with Crippen LogP contribution in [-0.2, 0) is 6.54 Å². The molecule has 1 aliphatic carbocycles. The highest BCUT2D eigenvalue weighted by Gasteiger charge is 2.36. The summed E-state index contributed by atoms with van der Waals surface area (Å²) in [6.07, 6.45) is 2.48. The summed E-state index contributed by atoms with van der Waals surface area (Å²) in [5, 5.41) is 13.3. The highest BCUT2D eigenvalue weighted by molar-refractivity contribution is 6.03. The third-order valence-corrected chi connectivity index (χ3v) is 3.82. The molecule has 0 spiro atoms. The maximum absolute atomic E-state index is 11.4. The number of rotatable bonds is 5. The first-order valence-corrected chi connectivity index (χ1v) is 6.53. The van der Waals surface area contributed by atoms with Gasteiger partial charge in [0.2, 0.25) is 0 Å². The molecule has 1 aromatic heterocycles. The summed E-state index contributed by atoms with van der Waals surface area (Å²) in [5.74, 6) is -0.419. The fraction of sp³-hybridized carbons (Fsp3) is 0.400. The van der Waals surface area contributed by atoms with E-state index < -0.39 is 5.97 Å². The summed E-state index contributed by atoms with van der Waals surface area (Å²) in [6.45, 7) is 3.60. The Hall–Kier alpha value is -1.81. The molecule has 3 rings (SSSR count). The molecule has 100 valence electrons. The Bertz CT molecular complexity index is 625. The summed E-state index contributed by atoms with van der Waals surface area (Å²) >= 11 is 0. The van der Waals surface area contributed by atoms with Gasteiger partial charge in [0.1, 0.15) is 16.9 Å². The summed E-state index contributed by atoms with van der Waals surface area (Å²) in [5.41, 5.74) is 1.31. The van der Waals surface area contributed by atoms with E-state index in [1.807, 2.05) is 12.1 Å². The van der Waals surface area contributed by atoms with Crippen LogP contribution in [0.25, 0.3) is 11.0 Å². The predicted octanol–water partition coefficient (Wildman–Crippen LogP) is 3.02. The number of furan rings is 1. The van der Waals surface area contributed by atoms with E-state index in [9.17, 15) is 9.90 Å². The van der Waals surface area contributed by atoms with E-state index in [4.69, 9.17) is 4.42 Å². The van der Waals surface area contributed by atoms with Crippen LogP contribution in [0, 0.1) is 5.41 Å². The Labute approximate surface area is 111 Å². The van der Waals surface area contributed by atoms with Crippen LogP contribution in [0.15, 0.2) is 28.7 Å². The van der Waals surface area contributed by atoms with Crippen molar-refractivity contribution in [3.63, 3.8) is 0 Å². The van der Waals surface area contributed by atoms with Gasteiger partial charge in [-0.05, 0) is 24.3 Å². The molecule has 0 atom stereocenters. The normalized spacial score (nSPS) is 16.7. The van der Waals surface area contributed by atoms with Gasteiger partial charge >= 0.3 is 5.97 Å². The molecule has 0 radical (unpaired) electrons. The third-order valence-electron chi connectivity index (χ3n) is 3.82. The third kappa shape index (κ3) is 2.36. The Balaban J connectivity index is 1.84. The van der Waals surface area contributed by atoms with Crippen LogP contribution in [0.2, 0.25) is 0 Å². The maximum atomic E-state index is 11.4. The van der Waals surface area contributed by atoms with Crippen molar-refractivity contribution in [2.75, 3.05) is 6.54 Å². The van der Waals surface area contributed by atoms with E-state index >= 15 is 0 Å². The first kappa shape index (κ1) is 12.2. The Morgan fingerprint density at radius 1 is 1.42 bits per heavy atom. The number of para-hydroxylation sites is 1. The second-order valence-electron chi connectivity index (χ2n) is 5.62. The number of hydrogen-bond donors (Lipinski definition) is 2. The molecule has 4 nitrogen and oxygen atoms in total. The molecule has 1 aliphatic rings. The highest BCUT2D eigenvalue weighted by atomic mass is 16.4. The van der Waals surface area contributed by atoms with Gasteiger partial charge in [-0.1, -0.05) is 25.1 Å². The fourth-order valence-electron chi connectivity index (χ4n) is 2.32. The number of carboxylic acid groups (broad SMARTS) is 1. The van der Waals surface area contributed by atoms with Crippen LogP contribution in [0.1, 0.15) is 35.9 Å². The van der Waals surface area contributed by atoms with Crippen LogP contribution in [0.4, 0.5) is 0 Å². The van der Waals surface area contributed by atoms with Gasteiger partial charge < -0.3 is 14.8 Å². The Morgan fingerprint density at radius 3 is 2.84 bits per heavy atom. The molecule has 0 unspecified atom stereocenters. The van der Waals surface area contributed by atoms with Crippen LogP contribution in [0.5, 0.6) is 0 Å². The smallest absolute Gasteiger partial charge is 0.339 e. The number of benzene rings is 1. The number of hydrogen-bond acceptors (Lipinski definition) is 3. The molecule has 2 aromatic rings. The van der Waals surface area contributed by atoms with Gasteiger partial charge in [0, 0.05) is 11.9 Å². The number of aromatic carboxylic acids is 1. The van der Waals surface area contributed by atoms with Gasteiger partial charge in [-0.25, -0.2) is 4.79 Å². The summed E-state index contributed by atoms with van der Waals surface area (Å²) < 4.78 is 5.65. The largest absolute Gasteiger partial charge is 0.478 e. The van der Waals surface area contributed by atoms with Gasteiger partial charge in [0.15, 0.2) is 0 Å². The number of fused-ring (bicyclic) bond motifs is 1. The van der Waals surface area contributed by atoms with Crippen LogP contribution in [0.3, 0.4) is 0 Å². The summed E-state index contributed by atoms with van der Waals surface area (Å²) in [6, 6.07) is 7.26. The first-order valence-electron chi connectivity index (χ1n) is 6.53.